The molecule has 4 nitrogen and oxygen atoms in total. The van der Waals surface area contributed by atoms with Crippen molar-refractivity contribution in [2.75, 3.05) is 5.32 Å². The highest BCUT2D eigenvalue weighted by molar-refractivity contribution is 6.39. The highest BCUT2D eigenvalue weighted by Gasteiger charge is 2.07. The number of hydrogen-bond acceptors (Lipinski definition) is 2. The van der Waals surface area contributed by atoms with Crippen molar-refractivity contribution in [2.45, 2.75) is 0 Å². The lowest BCUT2D eigenvalue weighted by molar-refractivity contribution is -0.131. The van der Waals surface area contributed by atoms with Gasteiger partial charge in [-0.1, -0.05) is 29.3 Å². The molecule has 0 radical (unpaired) electrons. The quantitative estimate of drug-likeness (QED) is 0.821. The van der Waals surface area contributed by atoms with Crippen LogP contribution in [0.5, 0.6) is 0 Å². The molecule has 1 amide bonds. The lowest BCUT2D eigenvalue weighted by atomic mass is 10.3. The number of carbonyl (C=O) groups is 2. The number of amides is 1. The van der Waals surface area contributed by atoms with E-state index in [0.717, 1.165) is 12.2 Å². The van der Waals surface area contributed by atoms with Gasteiger partial charge in [0.15, 0.2) is 0 Å². The van der Waals surface area contributed by atoms with Crippen molar-refractivity contribution in [1.29, 1.82) is 0 Å². The minimum Gasteiger partial charge on any atom is -0.478 e. The first-order chi connectivity index (χ1) is 7.50. The maximum Gasteiger partial charge on any atom is 0.328 e. The van der Waals surface area contributed by atoms with Gasteiger partial charge in [-0.25, -0.2) is 4.79 Å². The first-order valence-corrected chi connectivity index (χ1v) is 4.92. The van der Waals surface area contributed by atoms with Gasteiger partial charge in [0.2, 0.25) is 5.91 Å². The Morgan fingerprint density at radius 2 is 1.75 bits per heavy atom. The maximum atomic E-state index is 11.2. The number of rotatable bonds is 3. The Morgan fingerprint density at radius 1 is 1.19 bits per heavy atom. The van der Waals surface area contributed by atoms with E-state index in [-0.39, 0.29) is 15.7 Å². The second-order valence-electron chi connectivity index (χ2n) is 2.76. The van der Waals surface area contributed by atoms with Gasteiger partial charge >= 0.3 is 5.97 Å². The van der Waals surface area contributed by atoms with Gasteiger partial charge < -0.3 is 10.4 Å². The van der Waals surface area contributed by atoms with Crippen molar-refractivity contribution in [1.82, 2.24) is 0 Å². The van der Waals surface area contributed by atoms with Crippen molar-refractivity contribution >= 4 is 40.8 Å². The smallest absolute Gasteiger partial charge is 0.328 e. The number of para-hydroxylation sites is 1. The first kappa shape index (κ1) is 12.5. The van der Waals surface area contributed by atoms with E-state index in [1.807, 2.05) is 0 Å². The summed E-state index contributed by atoms with van der Waals surface area (Å²) < 4.78 is 0. The number of aliphatic carboxylic acids is 1. The Balaban J connectivity index is 2.81. The molecule has 0 aliphatic heterocycles. The largest absolute Gasteiger partial charge is 0.478 e. The lowest BCUT2D eigenvalue weighted by Crippen LogP contribution is -2.09. The van der Waals surface area contributed by atoms with Crippen molar-refractivity contribution in [3.05, 3.63) is 40.4 Å². The van der Waals surface area contributed by atoms with Crippen LogP contribution in [-0.4, -0.2) is 17.0 Å². The topological polar surface area (TPSA) is 66.4 Å². The molecule has 0 aliphatic rings. The molecule has 0 bridgehead atoms. The molecule has 0 saturated carbocycles. The van der Waals surface area contributed by atoms with E-state index >= 15 is 0 Å². The summed E-state index contributed by atoms with van der Waals surface area (Å²) in [5.74, 6) is -1.82. The average Bonchev–Trinajstić information content (AvgIpc) is 2.21. The second kappa shape index (κ2) is 5.53. The number of anilines is 1. The van der Waals surface area contributed by atoms with Crippen LogP contribution in [0.15, 0.2) is 30.4 Å². The van der Waals surface area contributed by atoms with Crippen LogP contribution in [-0.2, 0) is 9.59 Å². The zero-order chi connectivity index (χ0) is 12.1. The summed E-state index contributed by atoms with van der Waals surface area (Å²) in [5, 5.41) is 11.3. The van der Waals surface area contributed by atoms with Crippen LogP contribution >= 0.6 is 23.2 Å². The molecule has 16 heavy (non-hydrogen) atoms. The molecule has 0 saturated heterocycles. The standard InChI is InChI=1S/C10H7Cl2NO3/c11-6-2-1-3-7(12)10(6)13-8(14)4-5-9(15)16/h1-5H,(H,13,14)(H,15,16). The molecule has 6 heteroatoms. The Kier molecular flexibility index (Phi) is 4.34. The Hall–Kier alpha value is -1.52. The van der Waals surface area contributed by atoms with Crippen molar-refractivity contribution in [3.63, 3.8) is 0 Å². The minimum absolute atomic E-state index is 0.255. The van der Waals surface area contributed by atoms with Crippen LogP contribution in [0.3, 0.4) is 0 Å². The van der Waals surface area contributed by atoms with E-state index in [1.165, 1.54) is 0 Å². The number of carboxylic acids is 1. The molecule has 0 atom stereocenters. The molecular weight excluding hydrogens is 253 g/mol. The van der Waals surface area contributed by atoms with Gasteiger partial charge in [-0.3, -0.25) is 4.79 Å². The summed E-state index contributed by atoms with van der Waals surface area (Å²) in [6.45, 7) is 0. The van der Waals surface area contributed by atoms with E-state index in [1.54, 1.807) is 18.2 Å². The van der Waals surface area contributed by atoms with E-state index in [0.29, 0.717) is 0 Å². The molecule has 2 N–H and O–H groups in total. The Morgan fingerprint density at radius 3 is 2.25 bits per heavy atom. The molecule has 0 spiro atoms. The van der Waals surface area contributed by atoms with Crippen LogP contribution < -0.4 is 5.32 Å². The molecule has 1 aromatic rings. The van der Waals surface area contributed by atoms with E-state index in [4.69, 9.17) is 28.3 Å². The molecule has 0 unspecified atom stereocenters. The number of benzene rings is 1. The highest BCUT2D eigenvalue weighted by atomic mass is 35.5. The van der Waals surface area contributed by atoms with Crippen LogP contribution in [0.25, 0.3) is 0 Å². The molecule has 0 fully saturated rings. The van der Waals surface area contributed by atoms with Gasteiger partial charge in [-0.15, -0.1) is 0 Å². The molecule has 0 aliphatic carbocycles. The van der Waals surface area contributed by atoms with Crippen LogP contribution in [0.4, 0.5) is 5.69 Å². The first-order valence-electron chi connectivity index (χ1n) is 4.16. The van der Waals surface area contributed by atoms with Gasteiger partial charge in [-0.2, -0.15) is 0 Å². The third-order valence-electron chi connectivity index (χ3n) is 1.59. The van der Waals surface area contributed by atoms with Gasteiger partial charge in [-0.05, 0) is 12.1 Å². The van der Waals surface area contributed by atoms with Crippen LogP contribution in [0.2, 0.25) is 10.0 Å². The normalized spacial score (nSPS) is 10.4. The molecular formula is C10H7Cl2NO3. The van der Waals surface area contributed by atoms with Gasteiger partial charge in [0.1, 0.15) is 0 Å². The third kappa shape index (κ3) is 3.56. The highest BCUT2D eigenvalue weighted by Crippen LogP contribution is 2.29. The van der Waals surface area contributed by atoms with Crippen molar-refractivity contribution in [2.24, 2.45) is 0 Å². The van der Waals surface area contributed by atoms with Crippen molar-refractivity contribution in [3.8, 4) is 0 Å². The van der Waals surface area contributed by atoms with E-state index < -0.39 is 11.9 Å². The SMILES string of the molecule is O=C(O)C=CC(=O)Nc1c(Cl)cccc1Cl. The maximum absolute atomic E-state index is 11.2. The summed E-state index contributed by atoms with van der Waals surface area (Å²) in [6, 6.07) is 4.75. The summed E-state index contributed by atoms with van der Waals surface area (Å²) in [4.78, 5) is 21.4. The average molecular weight is 260 g/mol. The minimum atomic E-state index is -1.21. The summed E-state index contributed by atoms with van der Waals surface area (Å²) in [5.41, 5.74) is 0.255. The fourth-order valence-electron chi connectivity index (χ4n) is 0.929. The molecule has 1 aromatic carbocycles. The molecule has 84 valence electrons. The monoisotopic (exact) mass is 259 g/mol. The second-order valence-corrected chi connectivity index (χ2v) is 3.57. The third-order valence-corrected chi connectivity index (χ3v) is 2.22. The number of halogens is 2. The Bertz CT molecular complexity index is 437. The number of nitrogens with one attached hydrogen (secondary N) is 1. The molecule has 0 heterocycles. The fraction of sp³-hybridized carbons (Fsp3) is 0. The van der Waals surface area contributed by atoms with Gasteiger partial charge in [0.05, 0.1) is 15.7 Å². The summed E-state index contributed by atoms with van der Waals surface area (Å²) in [7, 11) is 0. The fourth-order valence-corrected chi connectivity index (χ4v) is 1.42. The molecule has 0 aromatic heterocycles. The zero-order valence-corrected chi connectivity index (χ0v) is 9.42. The van der Waals surface area contributed by atoms with Crippen LogP contribution in [0.1, 0.15) is 0 Å². The lowest BCUT2D eigenvalue weighted by Gasteiger charge is -2.06. The molecule has 1 rings (SSSR count). The zero-order valence-electron chi connectivity index (χ0n) is 7.91. The van der Waals surface area contributed by atoms with Gasteiger partial charge in [0.25, 0.3) is 0 Å². The number of hydrogen-bond donors (Lipinski definition) is 2. The van der Waals surface area contributed by atoms with E-state index in [9.17, 15) is 9.59 Å². The summed E-state index contributed by atoms with van der Waals surface area (Å²) >= 11 is 11.6. The van der Waals surface area contributed by atoms with Crippen molar-refractivity contribution < 1.29 is 14.7 Å². The van der Waals surface area contributed by atoms with Crippen LogP contribution in [0, 0.1) is 0 Å². The predicted octanol–water partition coefficient (Wildman–Crippen LogP) is 2.57. The number of carbonyl (C=O) groups excluding carboxylic acids is 1. The van der Waals surface area contributed by atoms with E-state index in [2.05, 4.69) is 5.32 Å². The summed E-state index contributed by atoms with van der Waals surface area (Å²) in [6.07, 6.45) is 1.60. The Labute approximate surface area is 101 Å². The number of carboxylic acid groups (broad SMARTS) is 1. The van der Waals surface area contributed by atoms with Gasteiger partial charge in [0, 0.05) is 12.2 Å². The predicted molar refractivity (Wildman–Crippen MR) is 61.9 cm³/mol.